The zero-order valence-corrected chi connectivity index (χ0v) is 20.4. The van der Waals surface area contributed by atoms with E-state index < -0.39 is 23.9 Å². The van der Waals surface area contributed by atoms with Gasteiger partial charge in [0, 0.05) is 31.7 Å². The van der Waals surface area contributed by atoms with Crippen LogP contribution in [0.5, 0.6) is 0 Å². The number of ketones is 1. The van der Waals surface area contributed by atoms with Crippen LogP contribution in [0.1, 0.15) is 46.9 Å². The van der Waals surface area contributed by atoms with Gasteiger partial charge in [0.1, 0.15) is 5.78 Å². The first kappa shape index (κ1) is 24.6. The number of Topliss-reactive ketones (excluding diaryl/α,β-unsaturated/α-hetero) is 1. The maximum absolute atomic E-state index is 13.5. The van der Waals surface area contributed by atoms with Gasteiger partial charge in [-0.1, -0.05) is 35.9 Å². The summed E-state index contributed by atoms with van der Waals surface area (Å²) in [6.45, 7) is 3.52. The van der Waals surface area contributed by atoms with Crippen molar-refractivity contribution in [1.29, 1.82) is 0 Å². The summed E-state index contributed by atoms with van der Waals surface area (Å²) in [5.41, 5.74) is 2.09. The third-order valence-electron chi connectivity index (χ3n) is 6.41. The summed E-state index contributed by atoms with van der Waals surface area (Å²) in [6, 6.07) is 14.9. The molecule has 1 aromatic heterocycles. The molecule has 2 heterocycles. The minimum absolute atomic E-state index is 0.0149. The minimum Gasteiger partial charge on any atom is -0.429 e. The fourth-order valence-corrected chi connectivity index (χ4v) is 4.80. The summed E-state index contributed by atoms with van der Waals surface area (Å²) in [7, 11) is 2.97. The number of hydrogen-bond donors (Lipinski definition) is 1. The second kappa shape index (κ2) is 10.0. The zero-order valence-electron chi connectivity index (χ0n) is 20.4. The predicted molar refractivity (Wildman–Crippen MR) is 130 cm³/mol. The lowest BCUT2D eigenvalue weighted by Crippen LogP contribution is -2.57. The van der Waals surface area contributed by atoms with Crippen molar-refractivity contribution < 1.29 is 28.6 Å². The monoisotopic (exact) mass is 478 g/mol. The van der Waals surface area contributed by atoms with Crippen LogP contribution in [0.3, 0.4) is 0 Å². The third kappa shape index (κ3) is 4.72. The van der Waals surface area contributed by atoms with Crippen LogP contribution in [-0.4, -0.2) is 54.6 Å². The van der Waals surface area contributed by atoms with Crippen LogP contribution in [0.4, 0.5) is 0 Å². The highest BCUT2D eigenvalue weighted by Crippen LogP contribution is 2.44. The molecule has 8 nitrogen and oxygen atoms in total. The first-order valence-electron chi connectivity index (χ1n) is 11.5. The van der Waals surface area contributed by atoms with Gasteiger partial charge in [-0.2, -0.15) is 0 Å². The van der Waals surface area contributed by atoms with Crippen molar-refractivity contribution in [2.75, 3.05) is 20.8 Å². The fraction of sp³-hybridized carbons (Fsp3) is 0.370. The van der Waals surface area contributed by atoms with Crippen LogP contribution in [0.25, 0.3) is 10.9 Å². The maximum Gasteiger partial charge on any atom is 0.340 e. The molecule has 0 saturated carbocycles. The third-order valence-corrected chi connectivity index (χ3v) is 6.41. The van der Waals surface area contributed by atoms with E-state index in [1.807, 2.05) is 37.3 Å². The smallest absolute Gasteiger partial charge is 0.340 e. The van der Waals surface area contributed by atoms with Gasteiger partial charge in [0.25, 0.3) is 0 Å². The Morgan fingerprint density at radius 3 is 2.51 bits per heavy atom. The molecule has 1 N–H and O–H groups in total. The molecule has 8 heteroatoms. The number of H-pyrrole nitrogens is 1. The summed E-state index contributed by atoms with van der Waals surface area (Å²) in [5.74, 6) is -1.29. The number of amides is 1. The number of benzene rings is 2. The van der Waals surface area contributed by atoms with E-state index in [0.717, 1.165) is 22.0 Å². The molecule has 184 valence electrons. The van der Waals surface area contributed by atoms with Gasteiger partial charge in [-0.3, -0.25) is 14.5 Å². The van der Waals surface area contributed by atoms with Crippen LogP contribution < -0.4 is 0 Å². The molecule has 0 spiro atoms. The van der Waals surface area contributed by atoms with Crippen molar-refractivity contribution in [1.82, 2.24) is 9.88 Å². The number of fused-ring (bicyclic) bond motifs is 3. The SMILES string of the molecule is COC(CC1(OC(=O)c2cccc(C)c2)c2[nH]c3ccccc3c2CCN1C(=O)CC(C)=O)OC. The van der Waals surface area contributed by atoms with Crippen LogP contribution in [0, 0.1) is 6.92 Å². The van der Waals surface area contributed by atoms with Gasteiger partial charge in [-0.15, -0.1) is 0 Å². The number of aromatic nitrogens is 1. The molecule has 0 aliphatic carbocycles. The Bertz CT molecular complexity index is 1260. The average Bonchev–Trinajstić information content (AvgIpc) is 3.22. The Kier molecular flexibility index (Phi) is 7.05. The topological polar surface area (TPSA) is 97.9 Å². The molecule has 0 bridgehead atoms. The molecule has 4 rings (SSSR count). The van der Waals surface area contributed by atoms with Crippen LogP contribution in [0.2, 0.25) is 0 Å². The van der Waals surface area contributed by atoms with Gasteiger partial charge in [-0.25, -0.2) is 4.79 Å². The number of nitrogens with one attached hydrogen (secondary N) is 1. The number of methoxy groups -OCH3 is 2. The molecular weight excluding hydrogens is 448 g/mol. The second-order valence-corrected chi connectivity index (χ2v) is 8.85. The van der Waals surface area contributed by atoms with Gasteiger partial charge in [-0.05, 0) is 44.0 Å². The Labute approximate surface area is 204 Å². The summed E-state index contributed by atoms with van der Waals surface area (Å²) in [6.07, 6.45) is -0.534. The van der Waals surface area contributed by atoms with Gasteiger partial charge >= 0.3 is 5.97 Å². The standard InChI is InChI=1S/C27H30N2O6/c1-17-8-7-9-19(14-17)26(32)35-27(16-24(33-3)34-4)25-21(20-10-5-6-11-22(20)28-25)12-13-29(27)23(31)15-18(2)30/h5-11,14,24,28H,12-13,15-16H2,1-4H3. The summed E-state index contributed by atoms with van der Waals surface area (Å²) in [4.78, 5) is 43.7. The van der Waals surface area contributed by atoms with Gasteiger partial charge in [0.05, 0.1) is 24.1 Å². The summed E-state index contributed by atoms with van der Waals surface area (Å²) in [5, 5.41) is 0.989. The molecular formula is C27H30N2O6. The molecule has 1 unspecified atom stereocenters. The van der Waals surface area contributed by atoms with Crippen molar-refractivity contribution in [3.8, 4) is 0 Å². The molecule has 0 saturated heterocycles. The normalized spacial score (nSPS) is 17.5. The van der Waals surface area contributed by atoms with Crippen LogP contribution >= 0.6 is 0 Å². The quantitative estimate of drug-likeness (QED) is 0.300. The molecule has 3 aromatic rings. The van der Waals surface area contributed by atoms with Crippen molar-refractivity contribution in [2.45, 2.75) is 45.1 Å². The molecule has 1 aliphatic heterocycles. The molecule has 35 heavy (non-hydrogen) atoms. The number of rotatable bonds is 8. The largest absolute Gasteiger partial charge is 0.429 e. The number of hydrogen-bond acceptors (Lipinski definition) is 6. The average molecular weight is 479 g/mol. The van der Waals surface area contributed by atoms with E-state index in [0.29, 0.717) is 17.7 Å². The molecule has 0 radical (unpaired) electrons. The first-order valence-corrected chi connectivity index (χ1v) is 11.5. The van der Waals surface area contributed by atoms with Crippen molar-refractivity contribution >= 4 is 28.6 Å². The van der Waals surface area contributed by atoms with E-state index in [2.05, 4.69) is 4.98 Å². The lowest BCUT2D eigenvalue weighted by molar-refractivity contribution is -0.204. The Hall–Kier alpha value is -3.49. The molecule has 2 aromatic carbocycles. The number of ether oxygens (including phenoxy) is 3. The minimum atomic E-state index is -1.57. The molecule has 1 aliphatic rings. The number of esters is 1. The number of para-hydroxylation sites is 1. The summed E-state index contributed by atoms with van der Waals surface area (Å²) >= 11 is 0. The van der Waals surface area contributed by atoms with Gasteiger partial charge in [0.2, 0.25) is 11.6 Å². The highest BCUT2D eigenvalue weighted by Gasteiger charge is 2.52. The second-order valence-electron chi connectivity index (χ2n) is 8.85. The molecule has 1 amide bonds. The van der Waals surface area contributed by atoms with E-state index in [9.17, 15) is 14.4 Å². The fourth-order valence-electron chi connectivity index (χ4n) is 4.80. The highest BCUT2D eigenvalue weighted by molar-refractivity contribution is 5.98. The van der Waals surface area contributed by atoms with Gasteiger partial charge in [0.15, 0.2) is 6.29 Å². The molecule has 1 atom stereocenters. The predicted octanol–water partition coefficient (Wildman–Crippen LogP) is 3.86. The first-order chi connectivity index (χ1) is 16.8. The van der Waals surface area contributed by atoms with E-state index in [4.69, 9.17) is 14.2 Å². The van der Waals surface area contributed by atoms with E-state index in [1.54, 1.807) is 18.2 Å². The number of nitrogens with zero attached hydrogens (tertiary/aromatic N) is 1. The van der Waals surface area contributed by atoms with Crippen molar-refractivity contribution in [3.63, 3.8) is 0 Å². The number of carbonyl (C=O) groups is 3. The van der Waals surface area contributed by atoms with Crippen molar-refractivity contribution in [2.24, 2.45) is 0 Å². The van der Waals surface area contributed by atoms with Crippen LogP contribution in [0.15, 0.2) is 48.5 Å². The Morgan fingerprint density at radius 2 is 1.83 bits per heavy atom. The lowest BCUT2D eigenvalue weighted by atomic mass is 9.90. The van der Waals surface area contributed by atoms with E-state index in [1.165, 1.54) is 26.0 Å². The van der Waals surface area contributed by atoms with E-state index >= 15 is 0 Å². The lowest BCUT2D eigenvalue weighted by Gasteiger charge is -2.46. The number of carbonyl (C=O) groups excluding carboxylic acids is 3. The maximum atomic E-state index is 13.5. The Balaban J connectivity index is 1.92. The summed E-state index contributed by atoms with van der Waals surface area (Å²) < 4.78 is 17.3. The van der Waals surface area contributed by atoms with E-state index in [-0.39, 0.29) is 25.2 Å². The van der Waals surface area contributed by atoms with Gasteiger partial charge < -0.3 is 19.2 Å². The zero-order chi connectivity index (χ0) is 25.2. The number of aryl methyl sites for hydroxylation is 1. The van der Waals surface area contributed by atoms with Crippen LogP contribution in [-0.2, 0) is 35.9 Å². The number of aromatic amines is 1. The van der Waals surface area contributed by atoms with Crippen molar-refractivity contribution in [3.05, 3.63) is 70.9 Å². The molecule has 0 fully saturated rings. The highest BCUT2D eigenvalue weighted by atomic mass is 16.7. The Morgan fingerprint density at radius 1 is 1.09 bits per heavy atom.